The number of aliphatic hydroxyl groups is 1. The topological polar surface area (TPSA) is 105 Å². The van der Waals surface area contributed by atoms with Crippen LogP contribution in [0, 0.1) is 0 Å². The Hall–Kier alpha value is -1.91. The predicted octanol–water partition coefficient (Wildman–Crippen LogP) is 2.04. The van der Waals surface area contributed by atoms with E-state index in [1.807, 2.05) is 21.5 Å². The average molecular weight is 516 g/mol. The van der Waals surface area contributed by atoms with E-state index < -0.39 is 0 Å². The van der Waals surface area contributed by atoms with Crippen molar-refractivity contribution in [2.24, 2.45) is 0 Å². The molecule has 2 amide bonds. The van der Waals surface area contributed by atoms with E-state index in [1.165, 1.54) is 0 Å². The number of nitrogens with one attached hydrogen (secondary N) is 2. The third kappa shape index (κ3) is 4.39. The SMILES string of the molecule is O=C1NCC(CCO)n2cc(Br)cc21.O=CCC1CNC(=O)c2cc(Br)cn21. The van der Waals surface area contributed by atoms with Gasteiger partial charge in [0.05, 0.1) is 12.1 Å². The molecule has 8 nitrogen and oxygen atoms in total. The van der Waals surface area contributed by atoms with Crippen molar-refractivity contribution in [1.82, 2.24) is 19.8 Å². The fourth-order valence-corrected chi connectivity index (χ4v) is 4.23. The van der Waals surface area contributed by atoms with E-state index in [0.29, 0.717) is 37.3 Å². The van der Waals surface area contributed by atoms with E-state index in [0.717, 1.165) is 15.2 Å². The minimum Gasteiger partial charge on any atom is -0.396 e. The Labute approximate surface area is 178 Å². The second kappa shape index (κ2) is 9.06. The second-order valence-electron chi connectivity index (χ2n) is 6.54. The zero-order chi connectivity index (χ0) is 20.3. The standard InChI is InChI=1S/C9H11BrN2O2.C9H9BrN2O2/c2*10-6-3-8-9(14)11-4-7(1-2-13)12(8)5-6/h3,5,7,13H,1-2,4H2,(H,11,14);2-3,5,7H,1,4H2,(H,11,14). The molecular formula is C18H20Br2N4O4. The maximum atomic E-state index is 11.4. The van der Waals surface area contributed by atoms with Crippen LogP contribution in [0.5, 0.6) is 0 Å². The lowest BCUT2D eigenvalue weighted by Gasteiger charge is -2.25. The van der Waals surface area contributed by atoms with Crippen LogP contribution in [0.3, 0.4) is 0 Å². The van der Waals surface area contributed by atoms with Crippen molar-refractivity contribution in [2.45, 2.75) is 24.9 Å². The van der Waals surface area contributed by atoms with Crippen LogP contribution in [-0.2, 0) is 4.79 Å². The molecule has 0 spiro atoms. The second-order valence-corrected chi connectivity index (χ2v) is 8.38. The van der Waals surface area contributed by atoms with Crippen molar-refractivity contribution in [3.8, 4) is 0 Å². The first-order valence-electron chi connectivity index (χ1n) is 8.80. The summed E-state index contributed by atoms with van der Waals surface area (Å²) in [6.45, 7) is 1.25. The Balaban J connectivity index is 0.000000161. The van der Waals surface area contributed by atoms with Gasteiger partial charge in [-0.15, -0.1) is 0 Å². The number of aromatic nitrogens is 2. The first kappa shape index (κ1) is 20.8. The van der Waals surface area contributed by atoms with Gasteiger partial charge in [0.25, 0.3) is 11.8 Å². The Kier molecular flexibility index (Phi) is 6.73. The third-order valence-electron chi connectivity index (χ3n) is 4.71. The lowest BCUT2D eigenvalue weighted by Crippen LogP contribution is -2.38. The van der Waals surface area contributed by atoms with Gasteiger partial charge in [-0.2, -0.15) is 0 Å². The quantitative estimate of drug-likeness (QED) is 0.542. The van der Waals surface area contributed by atoms with Crippen LogP contribution in [0.1, 0.15) is 45.9 Å². The molecule has 0 aliphatic carbocycles. The van der Waals surface area contributed by atoms with Crippen molar-refractivity contribution in [3.05, 3.63) is 44.9 Å². The molecule has 4 rings (SSSR count). The number of aldehydes is 1. The summed E-state index contributed by atoms with van der Waals surface area (Å²) in [4.78, 5) is 33.3. The monoisotopic (exact) mass is 514 g/mol. The number of amides is 2. The number of rotatable bonds is 4. The lowest BCUT2D eigenvalue weighted by molar-refractivity contribution is -0.108. The number of hydrogen-bond donors (Lipinski definition) is 3. The molecule has 2 aromatic rings. The highest BCUT2D eigenvalue weighted by atomic mass is 79.9. The van der Waals surface area contributed by atoms with Gasteiger partial charge in [-0.1, -0.05) is 0 Å². The normalized spacial score (nSPS) is 20.2. The molecule has 28 heavy (non-hydrogen) atoms. The van der Waals surface area contributed by atoms with Gasteiger partial charge in [0.15, 0.2) is 0 Å². The Morgan fingerprint density at radius 2 is 1.50 bits per heavy atom. The summed E-state index contributed by atoms with van der Waals surface area (Å²) >= 11 is 6.64. The van der Waals surface area contributed by atoms with Gasteiger partial charge >= 0.3 is 0 Å². The van der Waals surface area contributed by atoms with Gasteiger partial charge in [0.1, 0.15) is 17.7 Å². The van der Waals surface area contributed by atoms with Gasteiger partial charge in [-0.05, 0) is 50.4 Å². The van der Waals surface area contributed by atoms with E-state index in [1.54, 1.807) is 12.1 Å². The van der Waals surface area contributed by atoms with Crippen LogP contribution in [0.25, 0.3) is 0 Å². The van der Waals surface area contributed by atoms with Gasteiger partial charge in [-0.25, -0.2) is 0 Å². The maximum absolute atomic E-state index is 11.4. The molecule has 0 aromatic carbocycles. The molecule has 0 saturated heterocycles. The Morgan fingerprint density at radius 1 is 1.00 bits per heavy atom. The third-order valence-corrected chi connectivity index (χ3v) is 5.58. The minimum atomic E-state index is -0.0853. The predicted molar refractivity (Wildman–Crippen MR) is 109 cm³/mol. The largest absolute Gasteiger partial charge is 0.396 e. The Bertz CT molecular complexity index is 892. The van der Waals surface area contributed by atoms with Gasteiger partial charge in [0.2, 0.25) is 0 Å². The molecule has 10 heteroatoms. The number of aliphatic hydroxyl groups excluding tert-OH is 1. The number of hydrogen-bond acceptors (Lipinski definition) is 4. The van der Waals surface area contributed by atoms with E-state index >= 15 is 0 Å². The molecule has 0 saturated carbocycles. The van der Waals surface area contributed by atoms with Gasteiger partial charge in [-0.3, -0.25) is 9.59 Å². The zero-order valence-electron chi connectivity index (χ0n) is 14.9. The van der Waals surface area contributed by atoms with Gasteiger partial charge in [0, 0.05) is 47.5 Å². The smallest absolute Gasteiger partial charge is 0.268 e. The van der Waals surface area contributed by atoms with Crippen molar-refractivity contribution < 1.29 is 19.5 Å². The van der Waals surface area contributed by atoms with Crippen LogP contribution in [0.4, 0.5) is 0 Å². The van der Waals surface area contributed by atoms with E-state index in [2.05, 4.69) is 42.5 Å². The number of carbonyl (C=O) groups is 3. The number of halogens is 2. The van der Waals surface area contributed by atoms with Crippen LogP contribution < -0.4 is 10.6 Å². The minimum absolute atomic E-state index is 0.0477. The first-order valence-corrected chi connectivity index (χ1v) is 10.4. The molecule has 0 radical (unpaired) electrons. The molecule has 2 unspecified atom stereocenters. The fourth-order valence-electron chi connectivity index (χ4n) is 3.36. The van der Waals surface area contributed by atoms with Crippen molar-refractivity contribution >= 4 is 50.0 Å². The number of fused-ring (bicyclic) bond motifs is 2. The first-order chi connectivity index (χ1) is 13.4. The highest BCUT2D eigenvalue weighted by Crippen LogP contribution is 2.24. The summed E-state index contributed by atoms with van der Waals surface area (Å²) < 4.78 is 5.52. The summed E-state index contributed by atoms with van der Waals surface area (Å²) in [7, 11) is 0. The molecule has 2 aromatic heterocycles. The summed E-state index contributed by atoms with van der Waals surface area (Å²) in [6.07, 6.45) is 5.68. The molecule has 4 heterocycles. The van der Waals surface area contributed by atoms with Crippen LogP contribution in [0.2, 0.25) is 0 Å². The summed E-state index contributed by atoms with van der Waals surface area (Å²) in [6, 6.07) is 3.76. The van der Waals surface area contributed by atoms with Crippen LogP contribution in [-0.4, -0.2) is 52.0 Å². The molecule has 150 valence electrons. The van der Waals surface area contributed by atoms with E-state index in [-0.39, 0.29) is 30.5 Å². The van der Waals surface area contributed by atoms with Gasteiger partial charge < -0.3 is 29.7 Å². The maximum Gasteiger partial charge on any atom is 0.268 e. The van der Waals surface area contributed by atoms with Crippen molar-refractivity contribution in [2.75, 3.05) is 19.7 Å². The Morgan fingerprint density at radius 3 is 2.00 bits per heavy atom. The molecule has 2 atom stereocenters. The van der Waals surface area contributed by atoms with E-state index in [4.69, 9.17) is 5.11 Å². The van der Waals surface area contributed by atoms with Crippen LogP contribution >= 0.6 is 31.9 Å². The highest BCUT2D eigenvalue weighted by molar-refractivity contribution is 9.10. The lowest BCUT2D eigenvalue weighted by atomic mass is 10.1. The zero-order valence-corrected chi connectivity index (χ0v) is 18.1. The average Bonchev–Trinajstić information content (AvgIpc) is 3.25. The van der Waals surface area contributed by atoms with Crippen LogP contribution in [0.15, 0.2) is 33.5 Å². The summed E-state index contributed by atoms with van der Waals surface area (Å²) in [5, 5.41) is 14.4. The molecule has 0 bridgehead atoms. The summed E-state index contributed by atoms with van der Waals surface area (Å²) in [5.41, 5.74) is 1.26. The highest BCUT2D eigenvalue weighted by Gasteiger charge is 2.25. The molecule has 0 fully saturated rings. The van der Waals surface area contributed by atoms with E-state index in [9.17, 15) is 14.4 Å². The molecule has 2 aliphatic rings. The molecule has 3 N–H and O–H groups in total. The molecule has 2 aliphatic heterocycles. The number of nitrogens with zero attached hydrogens (tertiary/aromatic N) is 2. The fraction of sp³-hybridized carbons (Fsp3) is 0.389. The number of carbonyl (C=O) groups excluding carboxylic acids is 3. The summed E-state index contributed by atoms with van der Waals surface area (Å²) in [5.74, 6) is -0.136. The van der Waals surface area contributed by atoms with Crippen molar-refractivity contribution in [3.63, 3.8) is 0 Å². The molecular weight excluding hydrogens is 496 g/mol. The van der Waals surface area contributed by atoms with Crippen molar-refractivity contribution in [1.29, 1.82) is 0 Å².